The fraction of sp³-hybridized carbons (Fsp3) is 0.167. The summed E-state index contributed by atoms with van der Waals surface area (Å²) in [6.45, 7) is 3.11. The number of pyridine rings is 1. The number of aryl methyl sites for hydroxylation is 1. The van der Waals surface area contributed by atoms with E-state index in [1.165, 1.54) is 6.92 Å². The van der Waals surface area contributed by atoms with E-state index >= 15 is 0 Å². The Labute approximate surface area is 92.9 Å². The number of amides is 1. The lowest BCUT2D eigenvalue weighted by molar-refractivity contribution is -0.114. The Kier molecular flexibility index (Phi) is 2.48. The van der Waals surface area contributed by atoms with E-state index in [0.717, 1.165) is 10.9 Å². The van der Waals surface area contributed by atoms with Gasteiger partial charge in [0.25, 0.3) is 0 Å². The van der Waals surface area contributed by atoms with E-state index in [2.05, 4.69) is 10.3 Å². The first-order valence-corrected chi connectivity index (χ1v) is 4.95. The van der Waals surface area contributed by atoms with E-state index in [0.29, 0.717) is 11.4 Å². The van der Waals surface area contributed by atoms with Gasteiger partial charge in [-0.15, -0.1) is 0 Å². The Morgan fingerprint density at radius 3 is 2.75 bits per heavy atom. The van der Waals surface area contributed by atoms with Crippen molar-refractivity contribution in [1.82, 2.24) is 4.98 Å². The lowest BCUT2D eigenvalue weighted by Crippen LogP contribution is -2.07. The second kappa shape index (κ2) is 3.81. The standard InChI is InChI=1S/C12H12N2O2/c1-7-12(16)11(14-8(2)15)9-5-3-4-6-10(9)13-7/h3-6,16H,1-2H3,(H,13,14,15). The summed E-state index contributed by atoms with van der Waals surface area (Å²) in [6.07, 6.45) is 0. The van der Waals surface area contributed by atoms with Gasteiger partial charge in [-0.05, 0) is 13.0 Å². The highest BCUT2D eigenvalue weighted by atomic mass is 16.3. The van der Waals surface area contributed by atoms with Gasteiger partial charge in [0.05, 0.1) is 16.9 Å². The highest BCUT2D eigenvalue weighted by molar-refractivity contribution is 6.02. The molecule has 0 bridgehead atoms. The number of nitrogens with zero attached hydrogens (tertiary/aromatic N) is 1. The number of aromatic hydroxyl groups is 1. The van der Waals surface area contributed by atoms with Gasteiger partial charge in [-0.25, -0.2) is 4.98 Å². The number of nitrogens with one attached hydrogen (secondary N) is 1. The van der Waals surface area contributed by atoms with Crippen molar-refractivity contribution in [2.45, 2.75) is 13.8 Å². The van der Waals surface area contributed by atoms with Crippen LogP contribution in [-0.2, 0) is 4.79 Å². The molecule has 1 amide bonds. The molecule has 0 unspecified atom stereocenters. The van der Waals surface area contributed by atoms with Crippen LogP contribution in [0.5, 0.6) is 5.75 Å². The molecule has 4 nitrogen and oxygen atoms in total. The minimum Gasteiger partial charge on any atom is -0.504 e. The number of hydrogen-bond donors (Lipinski definition) is 2. The molecule has 2 N–H and O–H groups in total. The Balaban J connectivity index is 2.76. The number of hydrogen-bond acceptors (Lipinski definition) is 3. The molecule has 0 aliphatic carbocycles. The fourth-order valence-corrected chi connectivity index (χ4v) is 1.63. The van der Waals surface area contributed by atoms with Crippen LogP contribution < -0.4 is 5.32 Å². The summed E-state index contributed by atoms with van der Waals surface area (Å²) in [4.78, 5) is 15.3. The average molecular weight is 216 g/mol. The van der Waals surface area contributed by atoms with Crippen LogP contribution in [0.2, 0.25) is 0 Å². The summed E-state index contributed by atoms with van der Waals surface area (Å²) < 4.78 is 0. The molecule has 4 heteroatoms. The minimum atomic E-state index is -0.217. The molecule has 0 spiro atoms. The number of carbonyl (C=O) groups is 1. The normalized spacial score (nSPS) is 10.4. The highest BCUT2D eigenvalue weighted by Gasteiger charge is 2.11. The zero-order valence-corrected chi connectivity index (χ0v) is 9.11. The number of rotatable bonds is 1. The predicted octanol–water partition coefficient (Wildman–Crippen LogP) is 2.21. The summed E-state index contributed by atoms with van der Waals surface area (Å²) >= 11 is 0. The average Bonchev–Trinajstić information content (AvgIpc) is 2.24. The van der Waals surface area contributed by atoms with Crippen molar-refractivity contribution in [3.63, 3.8) is 0 Å². The maximum Gasteiger partial charge on any atom is 0.221 e. The van der Waals surface area contributed by atoms with E-state index < -0.39 is 0 Å². The van der Waals surface area contributed by atoms with E-state index in [-0.39, 0.29) is 11.7 Å². The zero-order valence-electron chi connectivity index (χ0n) is 9.11. The number of carbonyl (C=O) groups excluding carboxylic acids is 1. The van der Waals surface area contributed by atoms with Gasteiger partial charge in [0.15, 0.2) is 5.75 Å². The van der Waals surface area contributed by atoms with Gasteiger partial charge in [0, 0.05) is 12.3 Å². The van der Waals surface area contributed by atoms with Crippen LogP contribution in [0.25, 0.3) is 10.9 Å². The second-order valence-corrected chi connectivity index (χ2v) is 3.62. The molecule has 0 aliphatic rings. The van der Waals surface area contributed by atoms with Crippen molar-refractivity contribution in [2.75, 3.05) is 5.32 Å². The van der Waals surface area contributed by atoms with E-state index in [4.69, 9.17) is 0 Å². The smallest absolute Gasteiger partial charge is 0.221 e. The molecule has 0 radical (unpaired) electrons. The molecule has 1 aromatic heterocycles. The van der Waals surface area contributed by atoms with Crippen molar-refractivity contribution in [3.05, 3.63) is 30.0 Å². The van der Waals surface area contributed by atoms with Crippen molar-refractivity contribution < 1.29 is 9.90 Å². The molecule has 0 saturated heterocycles. The van der Waals surface area contributed by atoms with Crippen LogP contribution in [0.15, 0.2) is 24.3 Å². The Morgan fingerprint density at radius 2 is 2.06 bits per heavy atom. The molecular weight excluding hydrogens is 204 g/mol. The van der Waals surface area contributed by atoms with Crippen molar-refractivity contribution in [1.29, 1.82) is 0 Å². The summed E-state index contributed by atoms with van der Waals surface area (Å²) in [5, 5.41) is 13.2. The van der Waals surface area contributed by atoms with Crippen molar-refractivity contribution in [3.8, 4) is 5.75 Å². The number of fused-ring (bicyclic) bond motifs is 1. The second-order valence-electron chi connectivity index (χ2n) is 3.62. The lowest BCUT2D eigenvalue weighted by atomic mass is 10.1. The number of anilines is 1. The van der Waals surface area contributed by atoms with Gasteiger partial charge < -0.3 is 10.4 Å². The fourth-order valence-electron chi connectivity index (χ4n) is 1.63. The molecule has 0 atom stereocenters. The molecule has 0 fully saturated rings. The van der Waals surface area contributed by atoms with Crippen LogP contribution in [0, 0.1) is 6.92 Å². The maximum atomic E-state index is 11.1. The van der Waals surface area contributed by atoms with Crippen LogP contribution in [-0.4, -0.2) is 16.0 Å². The van der Waals surface area contributed by atoms with Crippen molar-refractivity contribution in [2.24, 2.45) is 0 Å². The molecule has 1 aromatic carbocycles. The number of aromatic nitrogens is 1. The van der Waals surface area contributed by atoms with E-state index in [9.17, 15) is 9.90 Å². The lowest BCUT2D eigenvalue weighted by Gasteiger charge is -2.10. The van der Waals surface area contributed by atoms with Crippen LogP contribution >= 0.6 is 0 Å². The SMILES string of the molecule is CC(=O)Nc1c(O)c(C)nc2ccccc12. The first-order valence-electron chi connectivity index (χ1n) is 4.95. The topological polar surface area (TPSA) is 62.2 Å². The molecule has 82 valence electrons. The largest absolute Gasteiger partial charge is 0.504 e. The minimum absolute atomic E-state index is 0.0221. The highest BCUT2D eigenvalue weighted by Crippen LogP contribution is 2.33. The molecule has 0 saturated carbocycles. The summed E-state index contributed by atoms with van der Waals surface area (Å²) in [7, 11) is 0. The summed E-state index contributed by atoms with van der Waals surface area (Å²) in [5.41, 5.74) is 1.68. The zero-order chi connectivity index (χ0) is 11.7. The van der Waals surface area contributed by atoms with Crippen LogP contribution in [0.4, 0.5) is 5.69 Å². The van der Waals surface area contributed by atoms with Gasteiger partial charge in [-0.3, -0.25) is 4.79 Å². The quantitative estimate of drug-likeness (QED) is 0.768. The summed E-state index contributed by atoms with van der Waals surface area (Å²) in [6, 6.07) is 7.35. The molecule has 0 aliphatic heterocycles. The van der Waals surface area contributed by atoms with Gasteiger partial charge in [-0.2, -0.15) is 0 Å². The molecule has 2 rings (SSSR count). The number of benzene rings is 1. The monoisotopic (exact) mass is 216 g/mol. The van der Waals surface area contributed by atoms with E-state index in [1.54, 1.807) is 6.92 Å². The third-order valence-corrected chi connectivity index (χ3v) is 2.34. The molecule has 16 heavy (non-hydrogen) atoms. The molecule has 2 aromatic rings. The third kappa shape index (κ3) is 1.69. The number of para-hydroxylation sites is 1. The van der Waals surface area contributed by atoms with Gasteiger partial charge in [0.2, 0.25) is 5.91 Å². The molecule has 1 heterocycles. The van der Waals surface area contributed by atoms with Crippen LogP contribution in [0.1, 0.15) is 12.6 Å². The molecular formula is C12H12N2O2. The Morgan fingerprint density at radius 1 is 1.38 bits per heavy atom. The third-order valence-electron chi connectivity index (χ3n) is 2.34. The Bertz CT molecular complexity index is 564. The maximum absolute atomic E-state index is 11.1. The van der Waals surface area contributed by atoms with E-state index in [1.807, 2.05) is 24.3 Å². The van der Waals surface area contributed by atoms with Gasteiger partial charge in [-0.1, -0.05) is 18.2 Å². The first-order chi connectivity index (χ1) is 7.59. The Hall–Kier alpha value is -2.10. The van der Waals surface area contributed by atoms with Crippen LogP contribution in [0.3, 0.4) is 0 Å². The van der Waals surface area contributed by atoms with Crippen molar-refractivity contribution >= 4 is 22.5 Å². The first kappa shape index (κ1) is 10.4. The predicted molar refractivity (Wildman–Crippen MR) is 62.4 cm³/mol. The summed E-state index contributed by atoms with van der Waals surface area (Å²) in [5.74, 6) is -0.194. The van der Waals surface area contributed by atoms with Gasteiger partial charge >= 0.3 is 0 Å². The van der Waals surface area contributed by atoms with Gasteiger partial charge in [0.1, 0.15) is 0 Å².